The molecule has 226 valence electrons. The Bertz CT molecular complexity index is 1830. The van der Waals surface area contributed by atoms with E-state index < -0.39 is 23.7 Å². The van der Waals surface area contributed by atoms with Gasteiger partial charge in [-0.15, -0.1) is 5.06 Å². The number of hydrogen-bond donors (Lipinski definition) is 0. The van der Waals surface area contributed by atoms with E-state index in [1.165, 1.54) is 0 Å². The van der Waals surface area contributed by atoms with Gasteiger partial charge < -0.3 is 19.1 Å². The van der Waals surface area contributed by atoms with Crippen molar-refractivity contribution in [2.75, 3.05) is 46.2 Å². The maximum Gasteiger partial charge on any atom is 0.336 e. The van der Waals surface area contributed by atoms with Crippen LogP contribution >= 0.6 is 0 Å². The van der Waals surface area contributed by atoms with Crippen LogP contribution in [0.15, 0.2) is 65.1 Å². The van der Waals surface area contributed by atoms with Crippen molar-refractivity contribution in [1.29, 1.82) is 0 Å². The van der Waals surface area contributed by atoms with Crippen LogP contribution in [-0.4, -0.2) is 74.9 Å². The number of piperidine rings is 1. The molecule has 1 aliphatic carbocycles. The smallest absolute Gasteiger partial charge is 0.336 e. The number of rotatable bonds is 5. The summed E-state index contributed by atoms with van der Waals surface area (Å²) in [7, 11) is 7.93. The van der Waals surface area contributed by atoms with Crippen LogP contribution in [0.2, 0.25) is 0 Å². The van der Waals surface area contributed by atoms with Crippen molar-refractivity contribution >= 4 is 40.3 Å². The molecule has 0 spiro atoms. The van der Waals surface area contributed by atoms with E-state index in [0.29, 0.717) is 47.9 Å². The monoisotopic (exact) mass is 595 g/mol. The summed E-state index contributed by atoms with van der Waals surface area (Å²) in [6, 6.07) is 19.8. The second-order valence-corrected chi connectivity index (χ2v) is 11.7. The molecule has 3 heterocycles. The second-order valence-electron chi connectivity index (χ2n) is 11.7. The summed E-state index contributed by atoms with van der Waals surface area (Å²) in [5.41, 5.74) is 4.88. The highest BCUT2D eigenvalue weighted by atomic mass is 16.7. The van der Waals surface area contributed by atoms with Gasteiger partial charge in [-0.2, -0.15) is 0 Å². The molecule has 4 aliphatic rings. The Balaban J connectivity index is 1.34. The zero-order chi connectivity index (χ0) is 31.1. The summed E-state index contributed by atoms with van der Waals surface area (Å²) < 4.78 is 8.48. The molecule has 2 fully saturated rings. The molecule has 0 bridgehead atoms. The number of anilines is 1. The van der Waals surface area contributed by atoms with Crippen LogP contribution in [-0.2, 0) is 19.2 Å². The van der Waals surface area contributed by atoms with E-state index in [1.807, 2.05) is 98.3 Å². The highest BCUT2D eigenvalue weighted by Gasteiger charge is 2.36. The lowest BCUT2D eigenvalue weighted by atomic mass is 9.89. The molecule has 44 heavy (non-hydrogen) atoms. The van der Waals surface area contributed by atoms with Gasteiger partial charge in [-0.3, -0.25) is 14.4 Å². The minimum absolute atomic E-state index is 0.0478. The number of imide groups is 1. The second kappa shape index (κ2) is 11.6. The first-order valence-electron chi connectivity index (χ1n) is 14.8. The summed E-state index contributed by atoms with van der Waals surface area (Å²) in [5.74, 6) is -1.54. The van der Waals surface area contributed by atoms with E-state index in [2.05, 4.69) is 0 Å². The minimum atomic E-state index is -0.610. The van der Waals surface area contributed by atoms with E-state index in [9.17, 15) is 19.2 Å². The lowest BCUT2D eigenvalue weighted by molar-refractivity contribution is -0.201. The number of nitrogens with zero attached hydrogens (tertiary/aromatic N) is 4. The van der Waals surface area contributed by atoms with Gasteiger partial charge in [0.05, 0.1) is 12.0 Å². The molecule has 6 rings (SSSR count). The molecular weight excluding hydrogens is 560 g/mol. The summed E-state index contributed by atoms with van der Waals surface area (Å²) in [6.07, 6.45) is 0.845. The summed E-state index contributed by atoms with van der Waals surface area (Å²) in [5, 5.41) is 2.48. The average molecular weight is 596 g/mol. The molecule has 3 amide bonds. The third-order valence-electron chi connectivity index (χ3n) is 8.45. The first kappa shape index (κ1) is 29.1. The quantitative estimate of drug-likeness (QED) is 0.197. The van der Waals surface area contributed by atoms with Gasteiger partial charge in [0.1, 0.15) is 25.4 Å². The highest BCUT2D eigenvalue weighted by Crippen LogP contribution is 2.42. The Morgan fingerprint density at radius 1 is 0.909 bits per heavy atom. The molecule has 0 aromatic heterocycles. The number of carbonyl (C=O) groups excluding carboxylic acids is 4. The van der Waals surface area contributed by atoms with E-state index in [-0.39, 0.29) is 18.7 Å². The van der Waals surface area contributed by atoms with E-state index >= 15 is 0 Å². The van der Waals surface area contributed by atoms with Crippen LogP contribution in [0.4, 0.5) is 5.69 Å². The van der Waals surface area contributed by atoms with E-state index in [1.54, 1.807) is 4.90 Å². The van der Waals surface area contributed by atoms with Crippen LogP contribution in [0, 0.1) is 5.92 Å². The molecule has 0 unspecified atom stereocenters. The fraction of sp³-hybridized carbons (Fsp3) is 0.324. The molecule has 2 aromatic rings. The predicted molar refractivity (Wildman–Crippen MR) is 166 cm³/mol. The Labute approximate surface area is 255 Å². The lowest BCUT2D eigenvalue weighted by Gasteiger charge is -2.32. The van der Waals surface area contributed by atoms with Crippen molar-refractivity contribution in [3.05, 3.63) is 71.6 Å². The van der Waals surface area contributed by atoms with Crippen LogP contribution in [0.5, 0.6) is 0 Å². The molecule has 0 saturated carbocycles. The van der Waals surface area contributed by atoms with Gasteiger partial charge in [-0.25, -0.2) is 9.37 Å². The van der Waals surface area contributed by atoms with Crippen LogP contribution < -0.4 is 14.8 Å². The van der Waals surface area contributed by atoms with Crippen molar-refractivity contribution in [1.82, 2.24) is 14.5 Å². The zero-order valence-corrected chi connectivity index (χ0v) is 25.3. The van der Waals surface area contributed by atoms with Crippen molar-refractivity contribution in [2.45, 2.75) is 25.7 Å². The van der Waals surface area contributed by atoms with Gasteiger partial charge in [-0.05, 0) is 42.7 Å². The molecule has 10 nitrogen and oxygen atoms in total. The van der Waals surface area contributed by atoms with Gasteiger partial charge in [0, 0.05) is 79.9 Å². The van der Waals surface area contributed by atoms with Crippen molar-refractivity contribution < 1.29 is 28.4 Å². The molecule has 0 N–H and O–H groups in total. The molecule has 0 atom stereocenters. The number of likely N-dealkylation sites (tertiary alicyclic amines) is 1. The SMILES string of the molecule is CN(C)c1ccc2c(-c3ccccc3C(=O)N3CCC(C(=O)ON4C(=O)CCC4=O)CC3)c3ccc(=[N+](C)C)cc-3oc2c1. The number of carbonyl (C=O) groups is 4. The Morgan fingerprint density at radius 3 is 2.30 bits per heavy atom. The average Bonchev–Trinajstić information content (AvgIpc) is 3.34. The number of hydrogen-bond acceptors (Lipinski definition) is 7. The molecule has 10 heteroatoms. The zero-order valence-electron chi connectivity index (χ0n) is 25.3. The number of hydroxylamine groups is 2. The highest BCUT2D eigenvalue weighted by molar-refractivity contribution is 6.09. The largest absolute Gasteiger partial charge is 0.456 e. The predicted octanol–water partition coefficient (Wildman–Crippen LogP) is 3.76. The molecule has 0 radical (unpaired) electrons. The van der Waals surface area contributed by atoms with Crippen molar-refractivity contribution in [3.8, 4) is 22.5 Å². The maximum absolute atomic E-state index is 14.1. The molecular formula is C34H35N4O6+. The summed E-state index contributed by atoms with van der Waals surface area (Å²) in [6.45, 7) is 0.692. The number of amides is 3. The number of fused-ring (bicyclic) bond motifs is 2. The van der Waals surface area contributed by atoms with Gasteiger partial charge in [0.2, 0.25) is 5.36 Å². The van der Waals surface area contributed by atoms with Crippen LogP contribution in [0.3, 0.4) is 0 Å². The normalized spacial score (nSPS) is 15.7. The molecule has 2 saturated heterocycles. The van der Waals surface area contributed by atoms with Crippen molar-refractivity contribution in [2.24, 2.45) is 5.92 Å². The van der Waals surface area contributed by atoms with E-state index in [0.717, 1.165) is 33.1 Å². The van der Waals surface area contributed by atoms with Gasteiger partial charge >= 0.3 is 5.97 Å². The van der Waals surface area contributed by atoms with Gasteiger partial charge in [-0.1, -0.05) is 18.2 Å². The first-order chi connectivity index (χ1) is 21.1. The van der Waals surface area contributed by atoms with Crippen LogP contribution in [0.25, 0.3) is 33.4 Å². The van der Waals surface area contributed by atoms with Gasteiger partial charge in [0.15, 0.2) is 0 Å². The fourth-order valence-corrected chi connectivity index (χ4v) is 5.91. The Kier molecular flexibility index (Phi) is 7.67. The summed E-state index contributed by atoms with van der Waals surface area (Å²) in [4.78, 5) is 59.4. The lowest BCUT2D eigenvalue weighted by Crippen LogP contribution is -2.42. The fourth-order valence-electron chi connectivity index (χ4n) is 5.91. The molecule has 2 aromatic carbocycles. The maximum atomic E-state index is 14.1. The van der Waals surface area contributed by atoms with Crippen LogP contribution in [0.1, 0.15) is 36.0 Å². The first-order valence-corrected chi connectivity index (χ1v) is 14.8. The Hall–Kier alpha value is -4.99. The minimum Gasteiger partial charge on any atom is -0.456 e. The topological polar surface area (TPSA) is 103 Å². The molecule has 3 aliphatic heterocycles. The van der Waals surface area contributed by atoms with Crippen molar-refractivity contribution in [3.63, 3.8) is 0 Å². The van der Waals surface area contributed by atoms with E-state index in [4.69, 9.17) is 9.25 Å². The van der Waals surface area contributed by atoms with Gasteiger partial charge in [0.25, 0.3) is 17.7 Å². The third-order valence-corrected chi connectivity index (χ3v) is 8.45. The summed E-state index contributed by atoms with van der Waals surface area (Å²) >= 11 is 0. The number of benzene rings is 3. The standard InChI is InChI=1S/C34H35N4O6/c1-35(2)22-9-11-26-28(19-22)43-29-20-23(36(3)4)10-12-27(29)32(26)24-7-5-6-8-25(24)33(41)37-17-15-21(16-18-37)34(42)44-38-30(39)13-14-31(38)40/h5-12,19-21H,13-18H2,1-4H3/q+1. The third kappa shape index (κ3) is 5.32. The Morgan fingerprint density at radius 2 is 1.61 bits per heavy atom.